The van der Waals surface area contributed by atoms with Gasteiger partial charge in [-0.25, -0.2) is 9.79 Å². The predicted octanol–water partition coefficient (Wildman–Crippen LogP) is 3.47. The van der Waals surface area contributed by atoms with Gasteiger partial charge in [-0.2, -0.15) is 0 Å². The van der Waals surface area contributed by atoms with Gasteiger partial charge in [0.1, 0.15) is 23.0 Å². The summed E-state index contributed by atoms with van der Waals surface area (Å²) in [5.41, 5.74) is 1.37. The van der Waals surface area contributed by atoms with Crippen LogP contribution in [-0.4, -0.2) is 37.7 Å². The van der Waals surface area contributed by atoms with Gasteiger partial charge in [-0.05, 0) is 55.5 Å². The van der Waals surface area contributed by atoms with Crippen LogP contribution < -0.4 is 15.4 Å². The molecule has 0 saturated carbocycles. The molecule has 0 fully saturated rings. The van der Waals surface area contributed by atoms with Crippen LogP contribution in [0.15, 0.2) is 70.1 Å². The Kier molecular flexibility index (Phi) is 7.96. The second-order valence-corrected chi connectivity index (χ2v) is 6.67. The first kappa shape index (κ1) is 23.3. The van der Waals surface area contributed by atoms with E-state index in [0.717, 1.165) is 0 Å². The Hall–Kier alpha value is -4.40. The zero-order chi connectivity index (χ0) is 23.6. The van der Waals surface area contributed by atoms with Gasteiger partial charge in [0.15, 0.2) is 0 Å². The number of nitrogens with zero attached hydrogens (tertiary/aromatic N) is 1. The van der Waals surface area contributed by atoms with Crippen molar-refractivity contribution in [3.63, 3.8) is 0 Å². The predicted molar refractivity (Wildman–Crippen MR) is 122 cm³/mol. The molecule has 2 N–H and O–H groups in total. The summed E-state index contributed by atoms with van der Waals surface area (Å²) in [5, 5.41) is 4.95. The number of anilines is 1. The van der Waals surface area contributed by atoms with E-state index in [2.05, 4.69) is 15.6 Å². The number of carbonyl (C=O) groups excluding carboxylic acids is 3. The molecule has 3 rings (SSSR count). The van der Waals surface area contributed by atoms with Crippen molar-refractivity contribution in [2.75, 3.05) is 19.0 Å². The zero-order valence-electron chi connectivity index (χ0n) is 18.2. The van der Waals surface area contributed by atoms with Gasteiger partial charge in [-0.3, -0.25) is 9.59 Å². The average Bonchev–Trinajstić information content (AvgIpc) is 3.29. The van der Waals surface area contributed by atoms with Crippen molar-refractivity contribution in [3.8, 4) is 5.75 Å². The van der Waals surface area contributed by atoms with Crippen LogP contribution in [0.3, 0.4) is 0 Å². The summed E-state index contributed by atoms with van der Waals surface area (Å²) in [6, 6.07) is 16.7. The van der Waals surface area contributed by atoms with Gasteiger partial charge in [-0.15, -0.1) is 0 Å². The Bertz CT molecular complexity index is 1150. The fourth-order valence-corrected chi connectivity index (χ4v) is 2.77. The number of amides is 2. The summed E-state index contributed by atoms with van der Waals surface area (Å²) in [7, 11) is 1.57. The highest BCUT2D eigenvalue weighted by molar-refractivity contribution is 6.39. The normalized spacial score (nSPS) is 10.6. The molecule has 0 aliphatic rings. The van der Waals surface area contributed by atoms with Gasteiger partial charge in [0.2, 0.25) is 0 Å². The number of furan rings is 1. The molecule has 0 unspecified atom stereocenters. The minimum atomic E-state index is -0.844. The molecule has 3 aromatic rings. The van der Waals surface area contributed by atoms with Crippen LogP contribution in [0, 0.1) is 0 Å². The van der Waals surface area contributed by atoms with E-state index >= 15 is 0 Å². The quantitative estimate of drug-likeness (QED) is 0.309. The van der Waals surface area contributed by atoms with E-state index < -0.39 is 17.8 Å². The molecule has 0 radical (unpaired) electrons. The standard InChI is InChI=1S/C24H23N3O6/c1-3-32-24(30)16-8-10-17(11-9-16)27-23(29)22(28)26-15-19-13-12-18(33-19)14-25-20-6-4-5-7-21(20)31-2/h4-14H,3,15H2,1-2H3,(H,26,28)(H,27,29). The van der Waals surface area contributed by atoms with Crippen LogP contribution >= 0.6 is 0 Å². The van der Waals surface area contributed by atoms with Gasteiger partial charge >= 0.3 is 17.8 Å². The molecule has 2 amide bonds. The van der Waals surface area contributed by atoms with E-state index in [0.29, 0.717) is 34.2 Å². The molecule has 1 heterocycles. The van der Waals surface area contributed by atoms with Crippen molar-refractivity contribution in [1.29, 1.82) is 0 Å². The number of rotatable bonds is 8. The fourth-order valence-electron chi connectivity index (χ4n) is 2.77. The van der Waals surface area contributed by atoms with Crippen LogP contribution in [-0.2, 0) is 20.9 Å². The highest BCUT2D eigenvalue weighted by Gasteiger charge is 2.15. The summed E-state index contributed by atoms with van der Waals surface area (Å²) in [6.07, 6.45) is 1.54. The van der Waals surface area contributed by atoms with E-state index in [1.54, 1.807) is 32.2 Å². The monoisotopic (exact) mass is 449 g/mol. The molecule has 9 nitrogen and oxygen atoms in total. The lowest BCUT2D eigenvalue weighted by Gasteiger charge is -2.07. The molecule has 2 aromatic carbocycles. The lowest BCUT2D eigenvalue weighted by Crippen LogP contribution is -2.34. The first-order chi connectivity index (χ1) is 16.0. The summed E-state index contributed by atoms with van der Waals surface area (Å²) >= 11 is 0. The Morgan fingerprint density at radius 3 is 2.48 bits per heavy atom. The number of aliphatic imine (C=N–C) groups is 1. The molecule has 0 spiro atoms. The summed E-state index contributed by atoms with van der Waals surface area (Å²) in [5.74, 6) is -0.561. The lowest BCUT2D eigenvalue weighted by molar-refractivity contribution is -0.136. The maximum Gasteiger partial charge on any atom is 0.338 e. The molecule has 0 saturated heterocycles. The fraction of sp³-hybridized carbons (Fsp3) is 0.167. The Labute approximate surface area is 190 Å². The number of hydrogen-bond acceptors (Lipinski definition) is 7. The molecule has 1 aromatic heterocycles. The Morgan fingerprint density at radius 2 is 1.76 bits per heavy atom. The number of hydrogen-bond donors (Lipinski definition) is 2. The Morgan fingerprint density at radius 1 is 1.00 bits per heavy atom. The summed E-state index contributed by atoms with van der Waals surface area (Å²) in [4.78, 5) is 40.2. The SMILES string of the molecule is CCOC(=O)c1ccc(NC(=O)C(=O)NCc2ccc(C=Nc3ccccc3OC)o2)cc1. The third-order valence-corrected chi connectivity index (χ3v) is 4.38. The zero-order valence-corrected chi connectivity index (χ0v) is 18.2. The van der Waals surface area contributed by atoms with Crippen LogP contribution in [0.25, 0.3) is 0 Å². The molecule has 0 aliphatic carbocycles. The largest absolute Gasteiger partial charge is 0.494 e. The van der Waals surface area contributed by atoms with E-state index in [4.69, 9.17) is 13.9 Å². The van der Waals surface area contributed by atoms with Crippen molar-refractivity contribution in [1.82, 2.24) is 5.32 Å². The molecule has 0 bridgehead atoms. The number of ether oxygens (including phenoxy) is 2. The second-order valence-electron chi connectivity index (χ2n) is 6.67. The van der Waals surface area contributed by atoms with Gasteiger partial charge in [-0.1, -0.05) is 12.1 Å². The van der Waals surface area contributed by atoms with Crippen molar-refractivity contribution in [2.45, 2.75) is 13.5 Å². The minimum Gasteiger partial charge on any atom is -0.494 e. The third-order valence-electron chi connectivity index (χ3n) is 4.38. The van der Waals surface area contributed by atoms with Crippen molar-refractivity contribution in [2.24, 2.45) is 4.99 Å². The number of para-hydroxylation sites is 2. The van der Waals surface area contributed by atoms with Gasteiger partial charge in [0.05, 0.1) is 32.0 Å². The smallest absolute Gasteiger partial charge is 0.338 e. The van der Waals surface area contributed by atoms with E-state index in [1.165, 1.54) is 30.5 Å². The minimum absolute atomic E-state index is 0.0244. The highest BCUT2D eigenvalue weighted by atomic mass is 16.5. The number of esters is 1. The summed E-state index contributed by atoms with van der Waals surface area (Å²) < 4.78 is 15.7. The van der Waals surface area contributed by atoms with Crippen molar-refractivity contribution in [3.05, 3.63) is 77.7 Å². The first-order valence-electron chi connectivity index (χ1n) is 10.1. The van der Waals surface area contributed by atoms with Gasteiger partial charge < -0.3 is 24.5 Å². The van der Waals surface area contributed by atoms with Crippen LogP contribution in [0.1, 0.15) is 28.8 Å². The number of nitrogens with one attached hydrogen (secondary N) is 2. The topological polar surface area (TPSA) is 119 Å². The van der Waals surface area contributed by atoms with E-state index in [-0.39, 0.29) is 13.2 Å². The molecule has 9 heteroatoms. The second kappa shape index (κ2) is 11.3. The van der Waals surface area contributed by atoms with Gasteiger partial charge in [0, 0.05) is 5.69 Å². The molecular formula is C24H23N3O6. The molecule has 170 valence electrons. The number of carbonyl (C=O) groups is 3. The van der Waals surface area contributed by atoms with E-state index in [9.17, 15) is 14.4 Å². The maximum absolute atomic E-state index is 12.1. The van der Waals surface area contributed by atoms with Crippen LogP contribution in [0.2, 0.25) is 0 Å². The van der Waals surface area contributed by atoms with E-state index in [1.807, 2.05) is 18.2 Å². The summed E-state index contributed by atoms with van der Waals surface area (Å²) in [6.45, 7) is 2.00. The third kappa shape index (κ3) is 6.54. The molecular weight excluding hydrogens is 426 g/mol. The first-order valence-corrected chi connectivity index (χ1v) is 10.1. The lowest BCUT2D eigenvalue weighted by atomic mass is 10.2. The highest BCUT2D eigenvalue weighted by Crippen LogP contribution is 2.26. The Balaban J connectivity index is 1.50. The maximum atomic E-state index is 12.1. The average molecular weight is 449 g/mol. The molecule has 0 aliphatic heterocycles. The number of benzene rings is 2. The number of methoxy groups -OCH3 is 1. The van der Waals surface area contributed by atoms with Crippen molar-refractivity contribution >= 4 is 35.4 Å². The van der Waals surface area contributed by atoms with Crippen molar-refractivity contribution < 1.29 is 28.3 Å². The van der Waals surface area contributed by atoms with Crippen LogP contribution in [0.5, 0.6) is 5.75 Å². The molecule has 0 atom stereocenters. The van der Waals surface area contributed by atoms with Gasteiger partial charge in [0.25, 0.3) is 0 Å². The molecule has 33 heavy (non-hydrogen) atoms. The van der Waals surface area contributed by atoms with Crippen LogP contribution in [0.4, 0.5) is 11.4 Å².